The average molecular weight is 399 g/mol. The summed E-state index contributed by atoms with van der Waals surface area (Å²) < 4.78 is 27.0. The van der Waals surface area contributed by atoms with Crippen LogP contribution in [-0.2, 0) is 24.4 Å². The molecule has 0 aliphatic carbocycles. The minimum atomic E-state index is -3.99. The maximum absolute atomic E-state index is 12.4. The number of nitrogens with one attached hydrogen (secondary N) is 3. The van der Waals surface area contributed by atoms with Gasteiger partial charge in [-0.15, -0.1) is 0 Å². The summed E-state index contributed by atoms with van der Waals surface area (Å²) in [5.74, 6) is -2.18. The molecule has 1 aromatic rings. The Balaban J connectivity index is 2.78. The molecule has 2 atom stereocenters. The van der Waals surface area contributed by atoms with Gasteiger partial charge in [0, 0.05) is 12.6 Å². The van der Waals surface area contributed by atoms with Crippen molar-refractivity contribution in [3.8, 4) is 0 Å². The van der Waals surface area contributed by atoms with Gasteiger partial charge < -0.3 is 15.7 Å². The predicted octanol–water partition coefficient (Wildman–Crippen LogP) is 1.07. The molecule has 1 aromatic carbocycles. The maximum Gasteiger partial charge on any atom is 0.326 e. The highest BCUT2D eigenvalue weighted by Crippen LogP contribution is 2.14. The summed E-state index contributed by atoms with van der Waals surface area (Å²) in [7, 11) is -3.99. The molecule has 0 aromatic heterocycles. The first-order valence-corrected chi connectivity index (χ1v) is 9.98. The van der Waals surface area contributed by atoms with Gasteiger partial charge in [-0.1, -0.05) is 19.8 Å². The zero-order valence-corrected chi connectivity index (χ0v) is 16.3. The largest absolute Gasteiger partial charge is 0.480 e. The molecule has 0 aliphatic rings. The van der Waals surface area contributed by atoms with Crippen LogP contribution in [-0.4, -0.2) is 43.4 Å². The third kappa shape index (κ3) is 7.35. The lowest BCUT2D eigenvalue weighted by Gasteiger charge is -2.18. The molecular formula is C17H25N3O6S. The van der Waals surface area contributed by atoms with E-state index in [-0.39, 0.29) is 17.2 Å². The molecule has 10 heteroatoms. The third-order valence-electron chi connectivity index (χ3n) is 3.67. The van der Waals surface area contributed by atoms with Crippen molar-refractivity contribution < 1.29 is 27.9 Å². The van der Waals surface area contributed by atoms with Crippen molar-refractivity contribution >= 4 is 33.5 Å². The van der Waals surface area contributed by atoms with Crippen LogP contribution in [0, 0.1) is 0 Å². The van der Waals surface area contributed by atoms with Crippen LogP contribution in [0.5, 0.6) is 0 Å². The molecule has 1 rings (SSSR count). The molecule has 9 nitrogen and oxygen atoms in total. The van der Waals surface area contributed by atoms with Crippen LogP contribution in [0.1, 0.15) is 40.0 Å². The summed E-state index contributed by atoms with van der Waals surface area (Å²) in [5.41, 5.74) is 0.437. The van der Waals surface area contributed by atoms with Crippen LogP contribution in [0.15, 0.2) is 29.2 Å². The lowest BCUT2D eigenvalue weighted by Crippen LogP contribution is -2.50. The standard InChI is InChI=1S/C17H25N3O6S/c1-4-5-6-15(17(23)24)19-16(22)11(2)20-27(25,26)14-9-7-13(8-10-14)18-12(3)21/h7-11,15,20H,4-6H2,1-3H3,(H,18,21)(H,19,22)(H,23,24)/t11?,15-/m0/s1. The van der Waals surface area contributed by atoms with E-state index in [0.29, 0.717) is 12.1 Å². The minimum Gasteiger partial charge on any atom is -0.480 e. The normalized spacial score (nSPS) is 13.4. The number of sulfonamides is 1. The summed E-state index contributed by atoms with van der Waals surface area (Å²) >= 11 is 0. The van der Waals surface area contributed by atoms with E-state index < -0.39 is 34.0 Å². The fraction of sp³-hybridized carbons (Fsp3) is 0.471. The van der Waals surface area contributed by atoms with Gasteiger partial charge in [-0.25, -0.2) is 13.2 Å². The minimum absolute atomic E-state index is 0.0861. The maximum atomic E-state index is 12.4. The molecule has 150 valence electrons. The molecule has 0 heterocycles. The number of carboxylic acid groups (broad SMARTS) is 1. The van der Waals surface area contributed by atoms with Crippen LogP contribution in [0.3, 0.4) is 0 Å². The van der Waals surface area contributed by atoms with E-state index in [1.807, 2.05) is 6.92 Å². The number of benzene rings is 1. The van der Waals surface area contributed by atoms with E-state index >= 15 is 0 Å². The molecule has 27 heavy (non-hydrogen) atoms. The first-order valence-electron chi connectivity index (χ1n) is 8.50. The SMILES string of the molecule is CCCC[C@H](NC(=O)C(C)NS(=O)(=O)c1ccc(NC(C)=O)cc1)C(=O)O. The Kier molecular flexibility index (Phi) is 8.38. The van der Waals surface area contributed by atoms with E-state index in [2.05, 4.69) is 15.4 Å². The Hall–Kier alpha value is -2.46. The first-order chi connectivity index (χ1) is 12.6. The van der Waals surface area contributed by atoms with Crippen LogP contribution in [0.2, 0.25) is 0 Å². The van der Waals surface area contributed by atoms with Gasteiger partial charge in [0.25, 0.3) is 0 Å². The van der Waals surface area contributed by atoms with Gasteiger partial charge in [0.05, 0.1) is 10.9 Å². The topological polar surface area (TPSA) is 142 Å². The average Bonchev–Trinajstić information content (AvgIpc) is 2.57. The van der Waals surface area contributed by atoms with Gasteiger partial charge in [0.1, 0.15) is 6.04 Å². The van der Waals surface area contributed by atoms with Crippen molar-refractivity contribution in [1.82, 2.24) is 10.0 Å². The van der Waals surface area contributed by atoms with Gasteiger partial charge in [-0.05, 0) is 37.6 Å². The molecule has 4 N–H and O–H groups in total. The molecule has 2 amide bonds. The summed E-state index contributed by atoms with van der Waals surface area (Å²) in [4.78, 5) is 34.3. The summed E-state index contributed by atoms with van der Waals surface area (Å²) in [6, 6.07) is 3.20. The summed E-state index contributed by atoms with van der Waals surface area (Å²) in [6.45, 7) is 4.56. The second-order valence-electron chi connectivity index (χ2n) is 6.09. The van der Waals surface area contributed by atoms with Crippen LogP contribution in [0.4, 0.5) is 5.69 Å². The number of hydrogen-bond donors (Lipinski definition) is 4. The van der Waals surface area contributed by atoms with Crippen molar-refractivity contribution in [3.05, 3.63) is 24.3 Å². The van der Waals surface area contributed by atoms with Crippen LogP contribution in [0.25, 0.3) is 0 Å². The third-order valence-corrected chi connectivity index (χ3v) is 5.23. The lowest BCUT2D eigenvalue weighted by atomic mass is 10.1. The molecule has 0 fully saturated rings. The Bertz CT molecular complexity index is 776. The second kappa shape index (κ2) is 10.0. The van der Waals surface area contributed by atoms with Crippen molar-refractivity contribution in [3.63, 3.8) is 0 Å². The van der Waals surface area contributed by atoms with Crippen LogP contribution < -0.4 is 15.4 Å². The van der Waals surface area contributed by atoms with Gasteiger partial charge >= 0.3 is 5.97 Å². The van der Waals surface area contributed by atoms with Crippen molar-refractivity contribution in [2.24, 2.45) is 0 Å². The van der Waals surface area contributed by atoms with Crippen molar-refractivity contribution in [2.45, 2.75) is 57.0 Å². The van der Waals surface area contributed by atoms with Gasteiger partial charge in [-0.2, -0.15) is 4.72 Å². The Morgan fingerprint density at radius 3 is 2.22 bits per heavy atom. The Labute approximate surface area is 158 Å². The molecule has 0 radical (unpaired) electrons. The number of carboxylic acids is 1. The number of anilines is 1. The number of rotatable bonds is 10. The highest BCUT2D eigenvalue weighted by atomic mass is 32.2. The van der Waals surface area contributed by atoms with E-state index in [1.165, 1.54) is 38.1 Å². The molecule has 0 saturated carbocycles. The molecule has 1 unspecified atom stereocenters. The van der Waals surface area contributed by atoms with Gasteiger partial charge in [0.2, 0.25) is 21.8 Å². The first kappa shape index (κ1) is 22.6. The Morgan fingerprint density at radius 1 is 1.15 bits per heavy atom. The van der Waals surface area contributed by atoms with Crippen molar-refractivity contribution in [1.29, 1.82) is 0 Å². The summed E-state index contributed by atoms with van der Waals surface area (Å²) in [6.07, 6.45) is 1.66. The number of hydrogen-bond acceptors (Lipinski definition) is 5. The van der Waals surface area contributed by atoms with E-state index in [9.17, 15) is 22.8 Å². The van der Waals surface area contributed by atoms with E-state index in [4.69, 9.17) is 5.11 Å². The summed E-state index contributed by atoms with van der Waals surface area (Å²) in [5, 5.41) is 14.0. The van der Waals surface area contributed by atoms with Gasteiger partial charge in [-0.3, -0.25) is 9.59 Å². The smallest absolute Gasteiger partial charge is 0.326 e. The van der Waals surface area contributed by atoms with Gasteiger partial charge in [0.15, 0.2) is 0 Å². The predicted molar refractivity (Wildman–Crippen MR) is 99.6 cm³/mol. The fourth-order valence-electron chi connectivity index (χ4n) is 2.24. The van der Waals surface area contributed by atoms with E-state index in [1.54, 1.807) is 0 Å². The molecule has 0 saturated heterocycles. The zero-order valence-electron chi connectivity index (χ0n) is 15.5. The second-order valence-corrected chi connectivity index (χ2v) is 7.80. The highest BCUT2D eigenvalue weighted by Gasteiger charge is 2.26. The molecule has 0 bridgehead atoms. The number of amides is 2. The quantitative estimate of drug-likeness (QED) is 0.464. The molecule has 0 spiro atoms. The Morgan fingerprint density at radius 2 is 1.74 bits per heavy atom. The number of carbonyl (C=O) groups is 3. The molecular weight excluding hydrogens is 374 g/mol. The number of aliphatic carboxylic acids is 1. The fourth-order valence-corrected chi connectivity index (χ4v) is 3.44. The zero-order chi connectivity index (χ0) is 20.6. The molecule has 0 aliphatic heterocycles. The van der Waals surface area contributed by atoms with Crippen LogP contribution >= 0.6 is 0 Å². The highest BCUT2D eigenvalue weighted by molar-refractivity contribution is 7.89. The lowest BCUT2D eigenvalue weighted by molar-refractivity contribution is -0.142. The van der Waals surface area contributed by atoms with Crippen molar-refractivity contribution in [2.75, 3.05) is 5.32 Å². The number of carbonyl (C=O) groups excluding carboxylic acids is 2. The van der Waals surface area contributed by atoms with E-state index in [0.717, 1.165) is 6.42 Å². The monoisotopic (exact) mass is 399 g/mol. The number of unbranched alkanes of at least 4 members (excludes halogenated alkanes) is 1.